The second kappa shape index (κ2) is 8.68. The van der Waals surface area contributed by atoms with Crippen LogP contribution in [0.1, 0.15) is 22.7 Å². The molecule has 3 rings (SSSR count). The minimum atomic E-state index is -0.298. The molecule has 0 aliphatic carbocycles. The average molecular weight is 371 g/mol. The third-order valence-corrected chi connectivity index (χ3v) is 3.96. The Labute approximate surface area is 158 Å². The molecule has 2 N–H and O–H groups in total. The van der Waals surface area contributed by atoms with Gasteiger partial charge in [-0.1, -0.05) is 0 Å². The van der Waals surface area contributed by atoms with Crippen molar-refractivity contribution in [2.24, 2.45) is 0 Å². The van der Waals surface area contributed by atoms with E-state index in [1.165, 1.54) is 0 Å². The summed E-state index contributed by atoms with van der Waals surface area (Å²) in [6.07, 6.45) is 0.981. The van der Waals surface area contributed by atoms with Crippen LogP contribution in [0.2, 0.25) is 0 Å². The Morgan fingerprint density at radius 1 is 1.15 bits per heavy atom. The molecule has 0 atom stereocenters. The molecule has 0 spiro atoms. The minimum absolute atomic E-state index is 0.298. The summed E-state index contributed by atoms with van der Waals surface area (Å²) in [4.78, 5) is 23.3. The molecule has 1 aromatic carbocycles. The first-order valence-corrected chi connectivity index (χ1v) is 8.96. The van der Waals surface area contributed by atoms with E-state index in [1.54, 1.807) is 31.2 Å². The third-order valence-electron chi connectivity index (χ3n) is 3.96. The van der Waals surface area contributed by atoms with Gasteiger partial charge in [0.2, 0.25) is 0 Å². The van der Waals surface area contributed by atoms with Crippen LogP contribution in [0.5, 0.6) is 11.5 Å². The predicted molar refractivity (Wildman–Crippen MR) is 104 cm³/mol. The summed E-state index contributed by atoms with van der Waals surface area (Å²) in [5.41, 5.74) is 0.938. The lowest BCUT2D eigenvalue weighted by Crippen LogP contribution is -2.19. The molecule has 27 heavy (non-hydrogen) atoms. The topological polar surface area (TPSA) is 88.6 Å². The van der Waals surface area contributed by atoms with Crippen LogP contribution in [0.4, 0.5) is 11.5 Å². The maximum absolute atomic E-state index is 12.6. The van der Waals surface area contributed by atoms with Gasteiger partial charge in [0.05, 0.1) is 0 Å². The summed E-state index contributed by atoms with van der Waals surface area (Å²) in [7, 11) is 4.07. The lowest BCUT2D eigenvalue weighted by molar-refractivity contribution is 0.102. The molecule has 8 heteroatoms. The fourth-order valence-electron chi connectivity index (χ4n) is 2.70. The molecule has 2 heterocycles. The number of carbonyl (C=O) groups excluding carboxylic acids is 1. The Hall–Kier alpha value is -2.87. The number of carbonyl (C=O) groups is 1. The highest BCUT2D eigenvalue weighted by Crippen LogP contribution is 2.32. The Kier molecular flexibility index (Phi) is 6.08. The first-order valence-electron chi connectivity index (χ1n) is 8.96. The van der Waals surface area contributed by atoms with Crippen LogP contribution in [-0.2, 0) is 0 Å². The molecule has 0 saturated heterocycles. The molecule has 1 aliphatic heterocycles. The number of nitrogens with one attached hydrogen (secondary N) is 2. The van der Waals surface area contributed by atoms with Gasteiger partial charge in [0.1, 0.15) is 30.5 Å². The van der Waals surface area contributed by atoms with Crippen LogP contribution < -0.4 is 20.1 Å². The van der Waals surface area contributed by atoms with E-state index >= 15 is 0 Å². The van der Waals surface area contributed by atoms with Crippen molar-refractivity contribution in [2.45, 2.75) is 13.3 Å². The highest BCUT2D eigenvalue weighted by atomic mass is 16.6. The number of aromatic nitrogens is 2. The molecular weight excluding hydrogens is 346 g/mol. The van der Waals surface area contributed by atoms with Gasteiger partial charge in [-0.2, -0.15) is 0 Å². The van der Waals surface area contributed by atoms with Gasteiger partial charge in [-0.3, -0.25) is 4.79 Å². The van der Waals surface area contributed by atoms with Gasteiger partial charge in [0.15, 0.2) is 11.5 Å². The molecule has 2 aromatic rings. The number of anilines is 2. The number of ether oxygens (including phenoxy) is 2. The molecule has 0 radical (unpaired) electrons. The summed E-state index contributed by atoms with van der Waals surface area (Å²) >= 11 is 0. The Morgan fingerprint density at radius 2 is 1.93 bits per heavy atom. The monoisotopic (exact) mass is 371 g/mol. The van der Waals surface area contributed by atoms with Gasteiger partial charge in [0.25, 0.3) is 5.91 Å². The van der Waals surface area contributed by atoms with E-state index in [1.807, 2.05) is 14.1 Å². The van der Waals surface area contributed by atoms with Crippen molar-refractivity contribution in [1.29, 1.82) is 0 Å². The maximum atomic E-state index is 12.6. The molecule has 1 amide bonds. The lowest BCUT2D eigenvalue weighted by Gasteiger charge is -2.19. The molecule has 0 fully saturated rings. The second-order valence-corrected chi connectivity index (χ2v) is 6.58. The number of rotatable bonds is 7. The highest BCUT2D eigenvalue weighted by molar-refractivity contribution is 6.03. The number of fused-ring (bicyclic) bond motifs is 1. The summed E-state index contributed by atoms with van der Waals surface area (Å²) < 4.78 is 11.0. The van der Waals surface area contributed by atoms with Crippen molar-refractivity contribution in [3.8, 4) is 11.5 Å². The molecule has 144 valence electrons. The van der Waals surface area contributed by atoms with Crippen molar-refractivity contribution in [1.82, 2.24) is 14.9 Å². The largest absolute Gasteiger partial charge is 0.486 e. The van der Waals surface area contributed by atoms with Crippen molar-refractivity contribution < 1.29 is 14.3 Å². The van der Waals surface area contributed by atoms with E-state index in [9.17, 15) is 4.79 Å². The quantitative estimate of drug-likeness (QED) is 0.721. The van der Waals surface area contributed by atoms with E-state index in [4.69, 9.17) is 9.47 Å². The van der Waals surface area contributed by atoms with Crippen molar-refractivity contribution >= 4 is 17.4 Å². The summed E-state index contributed by atoms with van der Waals surface area (Å²) in [5, 5.41) is 6.09. The summed E-state index contributed by atoms with van der Waals surface area (Å²) in [6, 6.07) is 6.98. The fourth-order valence-corrected chi connectivity index (χ4v) is 2.70. The van der Waals surface area contributed by atoms with Gasteiger partial charge >= 0.3 is 0 Å². The van der Waals surface area contributed by atoms with Crippen LogP contribution in [0.3, 0.4) is 0 Å². The van der Waals surface area contributed by atoms with Crippen LogP contribution in [-0.4, -0.2) is 61.2 Å². The van der Waals surface area contributed by atoms with Gasteiger partial charge in [-0.05, 0) is 46.1 Å². The number of benzene rings is 1. The van der Waals surface area contributed by atoms with Crippen LogP contribution >= 0.6 is 0 Å². The first-order chi connectivity index (χ1) is 13.0. The van der Waals surface area contributed by atoms with Crippen LogP contribution in [0.15, 0.2) is 24.3 Å². The molecule has 0 saturated carbocycles. The fraction of sp³-hybridized carbons (Fsp3) is 0.421. The zero-order valence-electron chi connectivity index (χ0n) is 15.9. The van der Waals surface area contributed by atoms with E-state index in [2.05, 4.69) is 25.5 Å². The number of amides is 1. The normalized spacial score (nSPS) is 12.7. The lowest BCUT2D eigenvalue weighted by atomic mass is 10.2. The summed E-state index contributed by atoms with van der Waals surface area (Å²) in [5.74, 6) is 2.20. The van der Waals surface area contributed by atoms with Crippen LogP contribution in [0.25, 0.3) is 0 Å². The van der Waals surface area contributed by atoms with E-state index < -0.39 is 0 Å². The van der Waals surface area contributed by atoms with Gasteiger partial charge in [-0.25, -0.2) is 9.97 Å². The number of hydrogen-bond acceptors (Lipinski definition) is 7. The van der Waals surface area contributed by atoms with Crippen molar-refractivity contribution in [2.75, 3.05) is 51.0 Å². The Bertz CT molecular complexity index is 810. The van der Waals surface area contributed by atoms with Crippen molar-refractivity contribution in [3.63, 3.8) is 0 Å². The molecule has 1 aliphatic rings. The average Bonchev–Trinajstić information content (AvgIpc) is 2.64. The third kappa shape index (κ3) is 5.30. The molecule has 0 unspecified atom stereocenters. The Morgan fingerprint density at radius 3 is 2.70 bits per heavy atom. The molecule has 8 nitrogen and oxygen atoms in total. The van der Waals surface area contributed by atoms with Gasteiger partial charge in [0, 0.05) is 24.4 Å². The van der Waals surface area contributed by atoms with Gasteiger partial charge in [-0.15, -0.1) is 0 Å². The highest BCUT2D eigenvalue weighted by Gasteiger charge is 2.15. The smallest absolute Gasteiger partial charge is 0.274 e. The second-order valence-electron chi connectivity index (χ2n) is 6.58. The SMILES string of the molecule is Cc1nc(NCCCN(C)C)cc(C(=O)Nc2ccc3c(c2)OCCO3)n1. The van der Waals surface area contributed by atoms with Crippen molar-refractivity contribution in [3.05, 3.63) is 35.8 Å². The molecule has 1 aromatic heterocycles. The summed E-state index contributed by atoms with van der Waals surface area (Å²) in [6.45, 7) is 4.56. The number of aryl methyl sites for hydroxylation is 1. The number of nitrogens with zero attached hydrogens (tertiary/aromatic N) is 3. The maximum Gasteiger partial charge on any atom is 0.274 e. The zero-order chi connectivity index (χ0) is 19.2. The van der Waals surface area contributed by atoms with E-state index in [0.29, 0.717) is 47.7 Å². The minimum Gasteiger partial charge on any atom is -0.486 e. The van der Waals surface area contributed by atoms with Crippen LogP contribution in [0, 0.1) is 6.92 Å². The predicted octanol–water partition coefficient (Wildman–Crippen LogP) is 2.17. The van der Waals surface area contributed by atoms with Gasteiger partial charge < -0.3 is 25.0 Å². The van der Waals surface area contributed by atoms with E-state index in [-0.39, 0.29) is 5.91 Å². The number of hydrogen-bond donors (Lipinski definition) is 2. The first kappa shape index (κ1) is 18.9. The Balaban J connectivity index is 1.65. The zero-order valence-corrected chi connectivity index (χ0v) is 15.9. The molecule has 0 bridgehead atoms. The molecular formula is C19H25N5O3. The van der Waals surface area contributed by atoms with E-state index in [0.717, 1.165) is 19.5 Å². The standard InChI is InChI=1S/C19H25N5O3/c1-13-21-15(12-18(22-13)20-7-4-8-24(2)3)19(25)23-14-5-6-16-17(11-14)27-10-9-26-16/h5-6,11-12H,4,7-10H2,1-3H3,(H,23,25)(H,20,21,22).